The molecule has 5 heteroatoms. The molecule has 0 bridgehead atoms. The van der Waals surface area contributed by atoms with E-state index >= 15 is 0 Å². The molecule has 1 amide bonds. The van der Waals surface area contributed by atoms with Gasteiger partial charge in [0, 0.05) is 28.9 Å². The average molecular weight is 298 g/mol. The summed E-state index contributed by atoms with van der Waals surface area (Å²) in [5, 5.41) is 2.97. The van der Waals surface area contributed by atoms with Gasteiger partial charge in [-0.25, -0.2) is 0 Å². The van der Waals surface area contributed by atoms with Crippen LogP contribution in [0.4, 0.5) is 0 Å². The summed E-state index contributed by atoms with van der Waals surface area (Å²) >= 11 is 3.33. The number of alkyl halides is 1. The van der Waals surface area contributed by atoms with Crippen molar-refractivity contribution < 1.29 is 9.00 Å². The van der Waals surface area contributed by atoms with Gasteiger partial charge in [0.05, 0.1) is 4.83 Å². The number of nitrogens with one attached hydrogen (secondary N) is 1. The fourth-order valence-electron chi connectivity index (χ4n) is 0.965. The number of hydrogen-bond acceptors (Lipinski definition) is 2. The third-order valence-corrected chi connectivity index (χ3v) is 5.09. The summed E-state index contributed by atoms with van der Waals surface area (Å²) < 4.78 is 11.1. The number of carbonyl (C=O) groups is 1. The Balaban J connectivity index is 3.78. The summed E-state index contributed by atoms with van der Waals surface area (Å²) in [4.78, 5) is 11.4. The van der Waals surface area contributed by atoms with Crippen molar-refractivity contribution in [2.75, 3.05) is 12.8 Å². The molecular weight excluding hydrogens is 278 g/mol. The van der Waals surface area contributed by atoms with Gasteiger partial charge in [-0.05, 0) is 12.3 Å². The van der Waals surface area contributed by atoms with E-state index in [0.717, 1.165) is 6.42 Å². The van der Waals surface area contributed by atoms with E-state index in [4.69, 9.17) is 0 Å². The lowest BCUT2D eigenvalue weighted by atomic mass is 10.1. The van der Waals surface area contributed by atoms with E-state index < -0.39 is 10.8 Å². The molecule has 0 saturated heterocycles. The average Bonchev–Trinajstić information content (AvgIpc) is 2.15. The first-order chi connectivity index (χ1) is 6.86. The van der Waals surface area contributed by atoms with E-state index in [-0.39, 0.29) is 21.9 Å². The molecule has 3 nitrogen and oxygen atoms in total. The Morgan fingerprint density at radius 2 is 1.93 bits per heavy atom. The van der Waals surface area contributed by atoms with Crippen molar-refractivity contribution in [3.63, 3.8) is 0 Å². The molecule has 0 spiro atoms. The highest BCUT2D eigenvalue weighted by atomic mass is 79.9. The molecule has 0 radical (unpaired) electrons. The van der Waals surface area contributed by atoms with Crippen molar-refractivity contribution >= 4 is 32.6 Å². The molecule has 0 heterocycles. The summed E-state index contributed by atoms with van der Waals surface area (Å²) in [6.45, 7) is 6.50. The molecule has 3 unspecified atom stereocenters. The summed E-state index contributed by atoms with van der Waals surface area (Å²) in [6, 6.07) is 0. The van der Waals surface area contributed by atoms with Gasteiger partial charge in [0.25, 0.3) is 0 Å². The first-order valence-corrected chi connectivity index (χ1v) is 7.64. The summed E-state index contributed by atoms with van der Waals surface area (Å²) in [7, 11) is -0.808. The molecular formula is C10H20BrNO2S. The summed E-state index contributed by atoms with van der Waals surface area (Å²) in [5.41, 5.74) is 0. The highest BCUT2D eigenvalue weighted by Crippen LogP contribution is 2.11. The monoisotopic (exact) mass is 297 g/mol. The Morgan fingerprint density at radius 1 is 1.40 bits per heavy atom. The molecule has 15 heavy (non-hydrogen) atoms. The van der Waals surface area contributed by atoms with Crippen molar-refractivity contribution in [1.82, 2.24) is 5.32 Å². The zero-order valence-corrected chi connectivity index (χ0v) is 12.2. The molecule has 0 fully saturated rings. The zero-order valence-electron chi connectivity index (χ0n) is 9.75. The SMILES string of the molecule is CC(C)C(Br)C(=O)NCCC(C)S(C)=O. The lowest BCUT2D eigenvalue weighted by Gasteiger charge is -2.14. The van der Waals surface area contributed by atoms with Gasteiger partial charge in [-0.15, -0.1) is 0 Å². The van der Waals surface area contributed by atoms with E-state index in [0.29, 0.717) is 6.54 Å². The van der Waals surface area contributed by atoms with E-state index in [1.54, 1.807) is 6.26 Å². The Hall–Kier alpha value is 0.1000. The number of halogens is 1. The minimum atomic E-state index is -0.808. The largest absolute Gasteiger partial charge is 0.355 e. The Morgan fingerprint density at radius 3 is 2.33 bits per heavy atom. The van der Waals surface area contributed by atoms with Crippen LogP contribution in [0.2, 0.25) is 0 Å². The normalized spacial score (nSPS) is 17.2. The lowest BCUT2D eigenvalue weighted by Crippen LogP contribution is -2.35. The minimum absolute atomic E-state index is 0.0130. The van der Waals surface area contributed by atoms with Crippen LogP contribution in [0.5, 0.6) is 0 Å². The van der Waals surface area contributed by atoms with Crippen LogP contribution in [0.3, 0.4) is 0 Å². The van der Waals surface area contributed by atoms with Gasteiger partial charge in [0.2, 0.25) is 5.91 Å². The predicted molar refractivity (Wildman–Crippen MR) is 68.7 cm³/mol. The fraction of sp³-hybridized carbons (Fsp3) is 0.900. The number of amides is 1. The van der Waals surface area contributed by atoms with Crippen LogP contribution >= 0.6 is 15.9 Å². The maximum atomic E-state index is 11.5. The van der Waals surface area contributed by atoms with E-state index in [1.165, 1.54) is 0 Å². The minimum Gasteiger partial charge on any atom is -0.355 e. The highest BCUT2D eigenvalue weighted by Gasteiger charge is 2.18. The second-order valence-corrected chi connectivity index (χ2v) is 6.82. The van der Waals surface area contributed by atoms with Crippen LogP contribution < -0.4 is 5.32 Å². The third-order valence-electron chi connectivity index (χ3n) is 2.25. The van der Waals surface area contributed by atoms with Crippen LogP contribution in [0, 0.1) is 5.92 Å². The molecule has 0 aliphatic heterocycles. The van der Waals surface area contributed by atoms with Crippen LogP contribution in [0.1, 0.15) is 27.2 Å². The molecule has 0 aromatic heterocycles. The molecule has 0 aliphatic rings. The van der Waals surface area contributed by atoms with Gasteiger partial charge in [0.1, 0.15) is 0 Å². The van der Waals surface area contributed by atoms with Gasteiger partial charge in [-0.1, -0.05) is 36.7 Å². The number of rotatable bonds is 6. The first kappa shape index (κ1) is 15.1. The van der Waals surface area contributed by atoms with Gasteiger partial charge >= 0.3 is 0 Å². The molecule has 3 atom stereocenters. The zero-order chi connectivity index (χ0) is 12.0. The molecule has 0 saturated carbocycles. The standard InChI is InChI=1S/C10H20BrNO2S/c1-7(2)9(11)10(13)12-6-5-8(3)15(4)14/h7-9H,5-6H2,1-4H3,(H,12,13). The molecule has 0 aromatic carbocycles. The third kappa shape index (κ3) is 6.30. The molecule has 0 aromatic rings. The van der Waals surface area contributed by atoms with Crippen molar-refractivity contribution in [3.05, 3.63) is 0 Å². The summed E-state index contributed by atoms with van der Waals surface area (Å²) in [6.07, 6.45) is 2.45. The number of carbonyl (C=O) groups excluding carboxylic acids is 1. The summed E-state index contributed by atoms with van der Waals surface area (Å²) in [5.74, 6) is 0.293. The Kier molecular flexibility index (Phi) is 7.44. The van der Waals surface area contributed by atoms with Gasteiger partial charge in [0.15, 0.2) is 0 Å². The molecule has 90 valence electrons. The van der Waals surface area contributed by atoms with Gasteiger partial charge in [-0.3, -0.25) is 9.00 Å². The van der Waals surface area contributed by atoms with Gasteiger partial charge in [-0.2, -0.15) is 0 Å². The van der Waals surface area contributed by atoms with Crippen LogP contribution in [-0.4, -0.2) is 33.0 Å². The Bertz CT molecular complexity index is 233. The van der Waals surface area contributed by atoms with Crippen LogP contribution in [0.25, 0.3) is 0 Å². The molecule has 0 rings (SSSR count). The van der Waals surface area contributed by atoms with E-state index in [1.807, 2.05) is 20.8 Å². The molecule has 1 N–H and O–H groups in total. The van der Waals surface area contributed by atoms with E-state index in [9.17, 15) is 9.00 Å². The van der Waals surface area contributed by atoms with Crippen molar-refractivity contribution in [2.45, 2.75) is 37.3 Å². The second kappa shape index (κ2) is 7.39. The topological polar surface area (TPSA) is 46.2 Å². The van der Waals surface area contributed by atoms with Crippen molar-refractivity contribution in [1.29, 1.82) is 0 Å². The smallest absolute Gasteiger partial charge is 0.234 e. The Labute approximate surface area is 103 Å². The maximum absolute atomic E-state index is 11.5. The van der Waals surface area contributed by atoms with Crippen LogP contribution in [0.15, 0.2) is 0 Å². The predicted octanol–water partition coefficient (Wildman–Crippen LogP) is 1.68. The number of hydrogen-bond donors (Lipinski definition) is 1. The maximum Gasteiger partial charge on any atom is 0.234 e. The quantitative estimate of drug-likeness (QED) is 0.758. The highest BCUT2D eigenvalue weighted by molar-refractivity contribution is 9.10. The van der Waals surface area contributed by atoms with Crippen molar-refractivity contribution in [2.24, 2.45) is 5.92 Å². The first-order valence-electron chi connectivity index (χ1n) is 5.10. The lowest BCUT2D eigenvalue weighted by molar-refractivity contribution is -0.121. The van der Waals surface area contributed by atoms with E-state index in [2.05, 4.69) is 21.2 Å². The fourth-order valence-corrected chi connectivity index (χ4v) is 1.58. The van der Waals surface area contributed by atoms with Crippen LogP contribution in [-0.2, 0) is 15.6 Å². The van der Waals surface area contributed by atoms with Crippen molar-refractivity contribution in [3.8, 4) is 0 Å². The second-order valence-electron chi connectivity index (χ2n) is 4.03. The van der Waals surface area contributed by atoms with Gasteiger partial charge < -0.3 is 5.32 Å². The molecule has 0 aliphatic carbocycles.